The van der Waals surface area contributed by atoms with Crippen LogP contribution in [0.15, 0.2) is 0 Å². The van der Waals surface area contributed by atoms with Crippen molar-refractivity contribution in [3.8, 4) is 0 Å². The van der Waals surface area contributed by atoms with Crippen LogP contribution in [-0.2, 0) is 9.37 Å². The van der Waals surface area contributed by atoms with Gasteiger partial charge in [-0.15, -0.1) is 0 Å². The standard InChI is InChI=1S/C4H6O3.K/c1-3(5)4(2)7-6;/h1-2H3;. The van der Waals surface area contributed by atoms with Crippen LogP contribution in [-0.4, -0.2) is 63.0 Å². The number of hydrogen-bond acceptors (Lipinski definition) is 2. The summed E-state index contributed by atoms with van der Waals surface area (Å²) in [5.41, 5.74) is 0. The first-order valence-corrected chi connectivity index (χ1v) is 1.82. The second kappa shape index (κ2) is 5.90. The predicted octanol–water partition coefficient (Wildman–Crippen LogP) is -1.41. The molecular weight excluding hydrogens is 135 g/mol. The fourth-order valence-corrected chi connectivity index (χ4v) is 0.0587. The maximum Gasteiger partial charge on any atom is 0.391 e. The van der Waals surface area contributed by atoms with Crippen molar-refractivity contribution >= 4 is 63.0 Å². The van der Waals surface area contributed by atoms with Gasteiger partial charge in [-0.2, -0.15) is 4.58 Å². The Kier molecular flexibility index (Phi) is 8.53. The van der Waals surface area contributed by atoms with Gasteiger partial charge in [0, 0.05) is 58.3 Å². The molecule has 0 unspecified atom stereocenters. The first-order valence-electron chi connectivity index (χ1n) is 1.82. The third-order valence-electron chi connectivity index (χ3n) is 0.621. The molecule has 0 amide bonds. The Hall–Kier alpha value is 0.776. The van der Waals surface area contributed by atoms with Crippen LogP contribution >= 0.6 is 0 Å². The van der Waals surface area contributed by atoms with Crippen LogP contribution in [0.3, 0.4) is 0 Å². The Balaban J connectivity index is 0. The molecule has 0 aliphatic heterocycles. The van der Waals surface area contributed by atoms with E-state index in [0.717, 1.165) is 0 Å². The second-order valence-corrected chi connectivity index (χ2v) is 1.20. The van der Waals surface area contributed by atoms with Crippen molar-refractivity contribution in [2.45, 2.75) is 13.8 Å². The van der Waals surface area contributed by atoms with Crippen molar-refractivity contribution in [3.05, 3.63) is 0 Å². The molecule has 0 saturated carbocycles. The summed E-state index contributed by atoms with van der Waals surface area (Å²) >= 11 is 0. The first kappa shape index (κ1) is 11.6. The monoisotopic (exact) mass is 141 g/mol. The summed E-state index contributed by atoms with van der Waals surface area (Å²) in [4.78, 5) is 10.0. The third-order valence-corrected chi connectivity index (χ3v) is 0.621. The number of carbonyl (C=O) groups excluding carboxylic acids is 2. The van der Waals surface area contributed by atoms with Crippen molar-refractivity contribution in [1.82, 2.24) is 0 Å². The molecule has 4 heteroatoms. The van der Waals surface area contributed by atoms with E-state index in [1.165, 1.54) is 13.8 Å². The van der Waals surface area contributed by atoms with Crippen molar-refractivity contribution in [2.75, 3.05) is 0 Å². The summed E-state index contributed by atoms with van der Waals surface area (Å²) < 4.78 is 3.33. The Labute approximate surface area is 90.1 Å². The number of ketones is 2. The fourth-order valence-electron chi connectivity index (χ4n) is 0.0587. The van der Waals surface area contributed by atoms with Crippen LogP contribution in [0.5, 0.6) is 0 Å². The van der Waals surface area contributed by atoms with Gasteiger partial charge in [0.2, 0.25) is 0 Å². The van der Waals surface area contributed by atoms with Crippen LogP contribution in [0, 0.1) is 0 Å². The van der Waals surface area contributed by atoms with Crippen LogP contribution in [0.25, 0.3) is 0 Å². The summed E-state index contributed by atoms with van der Waals surface area (Å²) in [5.74, 6) is -0.421. The maximum atomic E-state index is 10.0. The largest absolute Gasteiger partial charge is 0.462 e. The third kappa shape index (κ3) is 4.92. The van der Waals surface area contributed by atoms with Crippen molar-refractivity contribution < 1.29 is 14.6 Å². The fraction of sp³-hybridized carbons (Fsp3) is 0.500. The molecule has 0 N–H and O–H groups in total. The molecule has 0 aromatic carbocycles. The SMILES string of the molecule is CC(=O)C(C)=[O+][O-].[K]. The summed E-state index contributed by atoms with van der Waals surface area (Å²) in [6, 6.07) is 0. The van der Waals surface area contributed by atoms with Crippen molar-refractivity contribution in [3.63, 3.8) is 0 Å². The molecule has 0 aromatic rings. The van der Waals surface area contributed by atoms with Crippen LogP contribution < -0.4 is 5.26 Å². The average molecular weight is 141 g/mol. The predicted molar refractivity (Wildman–Crippen MR) is 27.1 cm³/mol. The molecule has 0 aliphatic rings. The van der Waals surface area contributed by atoms with E-state index in [1.807, 2.05) is 0 Å². The smallest absolute Gasteiger partial charge is 0.391 e. The molecule has 1 radical (unpaired) electrons. The molecule has 3 nitrogen and oxygen atoms in total. The zero-order chi connectivity index (χ0) is 5.86. The van der Waals surface area contributed by atoms with E-state index in [9.17, 15) is 10.1 Å². The van der Waals surface area contributed by atoms with Gasteiger partial charge in [0.05, 0.1) is 6.92 Å². The summed E-state index contributed by atoms with van der Waals surface area (Å²) in [7, 11) is 0. The van der Waals surface area contributed by atoms with E-state index < -0.39 is 0 Å². The van der Waals surface area contributed by atoms with Gasteiger partial charge in [0.15, 0.2) is 0 Å². The Morgan fingerprint density at radius 2 is 1.88 bits per heavy atom. The van der Waals surface area contributed by atoms with E-state index in [2.05, 4.69) is 4.58 Å². The second-order valence-electron chi connectivity index (χ2n) is 1.20. The van der Waals surface area contributed by atoms with Gasteiger partial charge in [-0.3, -0.25) is 4.79 Å². The molecule has 0 heterocycles. The molecule has 0 rings (SSSR count). The van der Waals surface area contributed by atoms with E-state index in [4.69, 9.17) is 0 Å². The minimum absolute atomic E-state index is 0. The van der Waals surface area contributed by atoms with Crippen LogP contribution in [0.4, 0.5) is 0 Å². The number of Topliss-reactive ketones (excluding diaryl/α,β-unsaturated/α-hetero) is 1. The van der Waals surface area contributed by atoms with E-state index in [0.29, 0.717) is 0 Å². The minimum atomic E-state index is -0.324. The molecule has 0 aliphatic carbocycles. The molecule has 0 saturated heterocycles. The minimum Gasteiger partial charge on any atom is -0.462 e. The summed E-state index contributed by atoms with van der Waals surface area (Å²) in [5, 5.41) is 9.31. The zero-order valence-electron chi connectivity index (χ0n) is 5.22. The molecule has 41 valence electrons. The van der Waals surface area contributed by atoms with Gasteiger partial charge >= 0.3 is 5.78 Å². The maximum absolute atomic E-state index is 10.0. The number of rotatable bonds is 1. The van der Waals surface area contributed by atoms with Crippen LogP contribution in [0.2, 0.25) is 0 Å². The van der Waals surface area contributed by atoms with Crippen molar-refractivity contribution in [2.24, 2.45) is 0 Å². The number of carbonyl (C=O) groups is 1. The quantitative estimate of drug-likeness (QED) is 0.148. The van der Waals surface area contributed by atoms with E-state index >= 15 is 0 Å². The van der Waals surface area contributed by atoms with Gasteiger partial charge < -0.3 is 5.26 Å². The van der Waals surface area contributed by atoms with Gasteiger partial charge in [-0.05, 0) is 0 Å². The average Bonchev–Trinajstić information content (AvgIpc) is 1.65. The summed E-state index contributed by atoms with van der Waals surface area (Å²) in [6.07, 6.45) is 0. The Morgan fingerprint density at radius 3 is 1.88 bits per heavy atom. The number of hydrogen-bond donors (Lipinski definition) is 0. The zero-order valence-corrected chi connectivity index (χ0v) is 8.35. The van der Waals surface area contributed by atoms with Crippen LogP contribution in [0.1, 0.15) is 13.8 Å². The van der Waals surface area contributed by atoms with Gasteiger partial charge in [-0.25, -0.2) is 0 Å². The van der Waals surface area contributed by atoms with Gasteiger partial charge in [0.25, 0.3) is 5.78 Å². The molecular formula is C4H6KO3. The molecule has 0 spiro atoms. The topological polar surface area (TPSA) is 51.4 Å². The molecule has 8 heavy (non-hydrogen) atoms. The Morgan fingerprint density at radius 1 is 1.50 bits per heavy atom. The summed E-state index contributed by atoms with van der Waals surface area (Å²) in [6.45, 7) is 2.60. The van der Waals surface area contributed by atoms with Gasteiger partial charge in [0.1, 0.15) is 0 Å². The van der Waals surface area contributed by atoms with Crippen molar-refractivity contribution in [1.29, 1.82) is 0 Å². The molecule has 0 atom stereocenters. The first-order chi connectivity index (χ1) is 3.18. The molecule has 0 aromatic heterocycles. The molecule has 0 bridgehead atoms. The van der Waals surface area contributed by atoms with Gasteiger partial charge in [-0.1, -0.05) is 0 Å². The Bertz CT molecular complexity index is 108. The normalized spacial score (nSPS) is 10.0. The molecule has 0 fully saturated rings. The van der Waals surface area contributed by atoms with E-state index in [-0.39, 0.29) is 63.0 Å². The van der Waals surface area contributed by atoms with E-state index in [1.54, 1.807) is 0 Å².